The molecule has 0 radical (unpaired) electrons. The van der Waals surface area contributed by atoms with Gasteiger partial charge in [-0.05, 0) is 73.9 Å². The van der Waals surface area contributed by atoms with Gasteiger partial charge in [0.05, 0.1) is 23.9 Å². The summed E-state index contributed by atoms with van der Waals surface area (Å²) >= 11 is 12.0. The predicted octanol–water partition coefficient (Wildman–Crippen LogP) is 6.29. The van der Waals surface area contributed by atoms with Crippen LogP contribution in [0, 0.1) is 6.92 Å². The monoisotopic (exact) mass is 542 g/mol. The fourth-order valence-corrected chi connectivity index (χ4v) is 4.34. The van der Waals surface area contributed by atoms with Crippen LogP contribution in [0.25, 0.3) is 0 Å². The van der Waals surface area contributed by atoms with E-state index in [4.69, 9.17) is 37.4 Å². The van der Waals surface area contributed by atoms with Crippen molar-refractivity contribution in [2.45, 2.75) is 26.2 Å². The molecule has 0 saturated heterocycles. The fourth-order valence-electron chi connectivity index (χ4n) is 3.87. The Hall–Kier alpha value is -3.42. The standard InChI is InChI=1S/C28H28Cl2N2O5/c1-19-5-2-6-22(15-19)35-14-4-12-32-24-17-21(9-11-26(24)37-18-28(32)34)31-27(33)7-3-13-36-25-10-8-20(29)16-23(25)30/h2,5-6,8-11,15-17H,3-4,7,12-14,18H2,1H3,(H,31,33). The molecule has 0 unspecified atom stereocenters. The highest BCUT2D eigenvalue weighted by Gasteiger charge is 2.25. The van der Waals surface area contributed by atoms with Crippen molar-refractivity contribution in [3.05, 3.63) is 76.3 Å². The van der Waals surface area contributed by atoms with Crippen molar-refractivity contribution in [1.29, 1.82) is 0 Å². The summed E-state index contributed by atoms with van der Waals surface area (Å²) in [7, 11) is 0. The lowest BCUT2D eigenvalue weighted by atomic mass is 10.2. The van der Waals surface area contributed by atoms with E-state index in [0.29, 0.717) is 65.5 Å². The maximum absolute atomic E-state index is 12.6. The normalized spacial score (nSPS) is 12.5. The number of aryl methyl sites for hydroxylation is 1. The number of anilines is 2. The molecule has 0 fully saturated rings. The van der Waals surface area contributed by atoms with Crippen LogP contribution in [0.2, 0.25) is 10.0 Å². The van der Waals surface area contributed by atoms with Crippen molar-refractivity contribution in [3.8, 4) is 17.2 Å². The minimum Gasteiger partial charge on any atom is -0.494 e. The molecular weight excluding hydrogens is 515 g/mol. The van der Waals surface area contributed by atoms with Crippen LogP contribution in [0.4, 0.5) is 11.4 Å². The van der Waals surface area contributed by atoms with E-state index in [0.717, 1.165) is 11.3 Å². The van der Waals surface area contributed by atoms with Gasteiger partial charge in [0, 0.05) is 23.7 Å². The topological polar surface area (TPSA) is 77.1 Å². The van der Waals surface area contributed by atoms with Crippen molar-refractivity contribution >= 4 is 46.4 Å². The molecule has 0 saturated carbocycles. The zero-order valence-corrected chi connectivity index (χ0v) is 22.0. The summed E-state index contributed by atoms with van der Waals surface area (Å²) in [6, 6.07) is 18.1. The van der Waals surface area contributed by atoms with Crippen LogP contribution in [0.1, 0.15) is 24.8 Å². The summed E-state index contributed by atoms with van der Waals surface area (Å²) in [5, 5.41) is 3.84. The van der Waals surface area contributed by atoms with E-state index < -0.39 is 0 Å². The van der Waals surface area contributed by atoms with Crippen molar-refractivity contribution in [3.63, 3.8) is 0 Å². The zero-order chi connectivity index (χ0) is 26.2. The second-order valence-electron chi connectivity index (χ2n) is 8.61. The number of nitrogens with zero attached hydrogens (tertiary/aromatic N) is 1. The van der Waals surface area contributed by atoms with E-state index in [2.05, 4.69) is 5.32 Å². The molecule has 2 amide bonds. The van der Waals surface area contributed by atoms with Crippen LogP contribution in [0.5, 0.6) is 17.2 Å². The largest absolute Gasteiger partial charge is 0.494 e. The molecule has 4 rings (SSSR count). The first-order valence-corrected chi connectivity index (χ1v) is 12.8. The zero-order valence-electron chi connectivity index (χ0n) is 20.5. The highest BCUT2D eigenvalue weighted by molar-refractivity contribution is 6.35. The van der Waals surface area contributed by atoms with Crippen LogP contribution in [0.3, 0.4) is 0 Å². The van der Waals surface area contributed by atoms with Gasteiger partial charge in [-0.15, -0.1) is 0 Å². The molecule has 0 bridgehead atoms. The Morgan fingerprint density at radius 3 is 2.68 bits per heavy atom. The number of ether oxygens (including phenoxy) is 3. The number of carbonyl (C=O) groups is 2. The Morgan fingerprint density at radius 2 is 1.86 bits per heavy atom. The Labute approximate surface area is 226 Å². The molecule has 194 valence electrons. The molecule has 3 aromatic carbocycles. The van der Waals surface area contributed by atoms with E-state index in [1.165, 1.54) is 0 Å². The molecule has 1 heterocycles. The highest BCUT2D eigenvalue weighted by Crippen LogP contribution is 2.35. The van der Waals surface area contributed by atoms with E-state index in [1.807, 2.05) is 31.2 Å². The van der Waals surface area contributed by atoms with Crippen LogP contribution in [-0.4, -0.2) is 38.2 Å². The molecule has 1 N–H and O–H groups in total. The van der Waals surface area contributed by atoms with Gasteiger partial charge in [-0.25, -0.2) is 0 Å². The molecule has 0 aliphatic carbocycles. The first kappa shape index (κ1) is 26.6. The summed E-state index contributed by atoms with van der Waals surface area (Å²) < 4.78 is 17.0. The quantitative estimate of drug-likeness (QED) is 0.288. The lowest BCUT2D eigenvalue weighted by Gasteiger charge is -2.30. The summed E-state index contributed by atoms with van der Waals surface area (Å²) in [5.74, 6) is 1.64. The van der Waals surface area contributed by atoms with Crippen molar-refractivity contribution in [1.82, 2.24) is 0 Å². The molecule has 37 heavy (non-hydrogen) atoms. The van der Waals surface area contributed by atoms with Gasteiger partial charge in [-0.2, -0.15) is 0 Å². The Morgan fingerprint density at radius 1 is 1.03 bits per heavy atom. The Bertz CT molecular complexity index is 1270. The number of nitrogens with one attached hydrogen (secondary N) is 1. The summed E-state index contributed by atoms with van der Waals surface area (Å²) in [5.41, 5.74) is 2.35. The van der Waals surface area contributed by atoms with Gasteiger partial charge in [0.2, 0.25) is 5.91 Å². The molecule has 1 aliphatic rings. The maximum atomic E-state index is 12.6. The Kier molecular flexibility index (Phi) is 9.14. The summed E-state index contributed by atoms with van der Waals surface area (Å²) in [4.78, 5) is 26.7. The maximum Gasteiger partial charge on any atom is 0.265 e. The van der Waals surface area contributed by atoms with Crippen LogP contribution >= 0.6 is 23.2 Å². The molecule has 3 aromatic rings. The van der Waals surface area contributed by atoms with Crippen molar-refractivity contribution < 1.29 is 23.8 Å². The number of hydrogen-bond acceptors (Lipinski definition) is 5. The summed E-state index contributed by atoms with van der Waals surface area (Å²) in [6.45, 7) is 3.28. The second-order valence-corrected chi connectivity index (χ2v) is 9.45. The minimum atomic E-state index is -0.160. The number of fused-ring (bicyclic) bond motifs is 1. The average Bonchev–Trinajstić information content (AvgIpc) is 2.86. The van der Waals surface area contributed by atoms with Gasteiger partial charge in [0.25, 0.3) is 5.91 Å². The number of amides is 2. The third-order valence-corrected chi connectivity index (χ3v) is 6.20. The van der Waals surface area contributed by atoms with Crippen molar-refractivity contribution in [2.24, 2.45) is 0 Å². The minimum absolute atomic E-state index is 0.0188. The number of benzene rings is 3. The summed E-state index contributed by atoms with van der Waals surface area (Å²) in [6.07, 6.45) is 1.41. The van der Waals surface area contributed by atoms with Gasteiger partial charge in [-0.1, -0.05) is 35.3 Å². The van der Waals surface area contributed by atoms with E-state index in [-0.39, 0.29) is 24.8 Å². The number of hydrogen-bond donors (Lipinski definition) is 1. The molecule has 0 aromatic heterocycles. The SMILES string of the molecule is Cc1cccc(OCCCN2C(=O)COc3ccc(NC(=O)CCCOc4ccc(Cl)cc4Cl)cc32)c1. The lowest BCUT2D eigenvalue weighted by Crippen LogP contribution is -2.39. The lowest BCUT2D eigenvalue weighted by molar-refractivity contribution is -0.121. The van der Waals surface area contributed by atoms with Gasteiger partial charge in [-0.3, -0.25) is 9.59 Å². The van der Waals surface area contributed by atoms with Gasteiger partial charge < -0.3 is 24.4 Å². The molecule has 0 atom stereocenters. The smallest absolute Gasteiger partial charge is 0.265 e. The van der Waals surface area contributed by atoms with E-state index in [9.17, 15) is 9.59 Å². The molecule has 1 aliphatic heterocycles. The van der Waals surface area contributed by atoms with E-state index in [1.54, 1.807) is 41.3 Å². The number of halogens is 2. The van der Waals surface area contributed by atoms with E-state index >= 15 is 0 Å². The Balaban J connectivity index is 1.27. The molecule has 7 nitrogen and oxygen atoms in total. The second kappa shape index (κ2) is 12.7. The fraction of sp³-hybridized carbons (Fsp3) is 0.286. The predicted molar refractivity (Wildman–Crippen MR) is 145 cm³/mol. The third kappa shape index (κ3) is 7.54. The first-order chi connectivity index (χ1) is 17.9. The van der Waals surface area contributed by atoms with Gasteiger partial charge in [0.15, 0.2) is 6.61 Å². The number of rotatable bonds is 11. The highest BCUT2D eigenvalue weighted by atomic mass is 35.5. The molecule has 9 heteroatoms. The first-order valence-electron chi connectivity index (χ1n) is 12.0. The van der Waals surface area contributed by atoms with Crippen LogP contribution < -0.4 is 24.4 Å². The molecule has 0 spiro atoms. The van der Waals surface area contributed by atoms with Crippen molar-refractivity contribution in [2.75, 3.05) is 36.6 Å². The third-order valence-electron chi connectivity index (χ3n) is 5.67. The van der Waals surface area contributed by atoms with Crippen LogP contribution in [0.15, 0.2) is 60.7 Å². The van der Waals surface area contributed by atoms with Crippen LogP contribution in [-0.2, 0) is 9.59 Å². The average molecular weight is 543 g/mol. The molecular formula is C28H28Cl2N2O5. The van der Waals surface area contributed by atoms with Gasteiger partial charge in [0.1, 0.15) is 17.2 Å². The van der Waals surface area contributed by atoms with Gasteiger partial charge >= 0.3 is 0 Å². The number of carbonyl (C=O) groups excluding carboxylic acids is 2.